The molecule has 0 saturated heterocycles. The number of anilines is 1. The molecule has 0 spiro atoms. The van der Waals surface area contributed by atoms with E-state index in [0.717, 1.165) is 4.88 Å². The quantitative estimate of drug-likeness (QED) is 0.729. The lowest BCUT2D eigenvalue weighted by molar-refractivity contribution is 0.340. The van der Waals surface area contributed by atoms with E-state index in [9.17, 15) is 8.42 Å². The first kappa shape index (κ1) is 16.5. The standard InChI is InChI=1S/C16H17N3O3S2/c1-3-22-13-8-6-12(7-9-13)18-24(20,21)15-11-19(2)17-16(15)14-5-4-10-23-14/h4-11,18H,3H2,1-2H3. The van der Waals surface area contributed by atoms with Gasteiger partial charge in [0, 0.05) is 18.9 Å². The zero-order valence-electron chi connectivity index (χ0n) is 13.3. The molecule has 0 amide bonds. The van der Waals surface area contributed by atoms with Crippen molar-refractivity contribution in [1.29, 1.82) is 0 Å². The van der Waals surface area contributed by atoms with Crippen molar-refractivity contribution >= 4 is 27.0 Å². The first-order chi connectivity index (χ1) is 11.5. The number of thiophene rings is 1. The molecule has 0 aliphatic heterocycles. The summed E-state index contributed by atoms with van der Waals surface area (Å²) in [7, 11) is -2.04. The highest BCUT2D eigenvalue weighted by molar-refractivity contribution is 7.92. The SMILES string of the molecule is CCOc1ccc(NS(=O)(=O)c2cn(C)nc2-c2cccs2)cc1. The lowest BCUT2D eigenvalue weighted by Crippen LogP contribution is -2.13. The summed E-state index contributed by atoms with van der Waals surface area (Å²) in [4.78, 5) is 0.962. The Hall–Kier alpha value is -2.32. The van der Waals surface area contributed by atoms with Gasteiger partial charge in [-0.3, -0.25) is 9.40 Å². The minimum absolute atomic E-state index is 0.154. The highest BCUT2D eigenvalue weighted by Gasteiger charge is 2.23. The third kappa shape index (κ3) is 3.44. The molecule has 0 aliphatic rings. The molecule has 0 atom stereocenters. The van der Waals surface area contributed by atoms with E-state index in [1.54, 1.807) is 31.3 Å². The van der Waals surface area contributed by atoms with Gasteiger partial charge in [0.1, 0.15) is 16.3 Å². The van der Waals surface area contributed by atoms with Gasteiger partial charge in [-0.2, -0.15) is 5.10 Å². The van der Waals surface area contributed by atoms with E-state index in [2.05, 4.69) is 9.82 Å². The largest absolute Gasteiger partial charge is 0.494 e. The van der Waals surface area contributed by atoms with Gasteiger partial charge in [-0.1, -0.05) is 6.07 Å². The van der Waals surface area contributed by atoms with Gasteiger partial charge < -0.3 is 4.74 Å². The Labute approximate surface area is 144 Å². The van der Waals surface area contributed by atoms with Crippen molar-refractivity contribution < 1.29 is 13.2 Å². The number of hydrogen-bond acceptors (Lipinski definition) is 5. The number of sulfonamides is 1. The van der Waals surface area contributed by atoms with Crippen LogP contribution < -0.4 is 9.46 Å². The van der Waals surface area contributed by atoms with E-state index >= 15 is 0 Å². The minimum Gasteiger partial charge on any atom is -0.494 e. The maximum atomic E-state index is 12.8. The highest BCUT2D eigenvalue weighted by Crippen LogP contribution is 2.30. The summed E-state index contributed by atoms with van der Waals surface area (Å²) in [5.41, 5.74) is 0.922. The van der Waals surface area contributed by atoms with Crippen LogP contribution in [0.4, 0.5) is 5.69 Å². The maximum absolute atomic E-state index is 12.8. The Morgan fingerprint density at radius 3 is 2.62 bits per heavy atom. The number of aryl methyl sites for hydroxylation is 1. The van der Waals surface area contributed by atoms with Gasteiger partial charge in [-0.15, -0.1) is 11.3 Å². The monoisotopic (exact) mass is 363 g/mol. The summed E-state index contributed by atoms with van der Waals surface area (Å²) in [5.74, 6) is 0.695. The van der Waals surface area contributed by atoms with Crippen molar-refractivity contribution in [2.75, 3.05) is 11.3 Å². The molecule has 0 saturated carbocycles. The van der Waals surface area contributed by atoms with Crippen molar-refractivity contribution in [3.63, 3.8) is 0 Å². The van der Waals surface area contributed by atoms with Gasteiger partial charge in [0.2, 0.25) is 0 Å². The molecule has 0 radical (unpaired) electrons. The molecule has 2 heterocycles. The minimum atomic E-state index is -3.74. The molecule has 0 bridgehead atoms. The summed E-state index contributed by atoms with van der Waals surface area (Å²) >= 11 is 1.45. The number of ether oxygens (including phenoxy) is 1. The molecule has 3 rings (SSSR count). The second-order valence-corrected chi connectivity index (χ2v) is 7.65. The normalized spacial score (nSPS) is 11.4. The molecular formula is C16H17N3O3S2. The first-order valence-corrected chi connectivity index (χ1v) is 9.69. The maximum Gasteiger partial charge on any atom is 0.265 e. The number of benzene rings is 1. The summed E-state index contributed by atoms with van der Waals surface area (Å²) < 4.78 is 34.9. The lowest BCUT2D eigenvalue weighted by Gasteiger charge is -2.09. The molecule has 6 nitrogen and oxygen atoms in total. The Bertz CT molecular complexity index is 914. The molecule has 8 heteroatoms. The van der Waals surface area contributed by atoms with Crippen molar-refractivity contribution in [2.24, 2.45) is 7.05 Å². The molecule has 3 aromatic rings. The smallest absolute Gasteiger partial charge is 0.265 e. The topological polar surface area (TPSA) is 73.2 Å². The van der Waals surface area contributed by atoms with Crippen LogP contribution in [-0.2, 0) is 17.1 Å². The Morgan fingerprint density at radius 1 is 1.25 bits per heavy atom. The van der Waals surface area contributed by atoms with Gasteiger partial charge in [-0.25, -0.2) is 8.42 Å². The van der Waals surface area contributed by atoms with E-state index in [0.29, 0.717) is 23.7 Å². The number of hydrogen-bond donors (Lipinski definition) is 1. The van der Waals surface area contributed by atoms with Crippen molar-refractivity contribution in [2.45, 2.75) is 11.8 Å². The van der Waals surface area contributed by atoms with Crippen LogP contribution in [0.2, 0.25) is 0 Å². The third-order valence-electron chi connectivity index (χ3n) is 3.26. The van der Waals surface area contributed by atoms with Crippen LogP contribution in [0.15, 0.2) is 52.9 Å². The second-order valence-electron chi connectivity index (χ2n) is 5.06. The lowest BCUT2D eigenvalue weighted by atomic mass is 10.3. The van der Waals surface area contributed by atoms with E-state index in [-0.39, 0.29) is 4.90 Å². The summed E-state index contributed by atoms with van der Waals surface area (Å²) in [5, 5.41) is 6.18. The predicted molar refractivity (Wildman–Crippen MR) is 94.9 cm³/mol. The van der Waals surface area contributed by atoms with E-state index in [1.807, 2.05) is 24.4 Å². The van der Waals surface area contributed by atoms with E-state index in [4.69, 9.17) is 4.74 Å². The highest BCUT2D eigenvalue weighted by atomic mass is 32.2. The number of nitrogens with zero attached hydrogens (tertiary/aromatic N) is 2. The molecule has 0 fully saturated rings. The van der Waals surface area contributed by atoms with E-state index in [1.165, 1.54) is 22.2 Å². The third-order valence-corrected chi connectivity index (χ3v) is 5.52. The van der Waals surface area contributed by atoms with Gasteiger partial charge in [0.25, 0.3) is 10.0 Å². The predicted octanol–water partition coefficient (Wildman–Crippen LogP) is 3.35. The Kier molecular flexibility index (Phi) is 4.59. The van der Waals surface area contributed by atoms with Crippen LogP contribution in [0.3, 0.4) is 0 Å². The molecule has 2 aromatic heterocycles. The average molecular weight is 363 g/mol. The second kappa shape index (κ2) is 6.66. The Morgan fingerprint density at radius 2 is 2.00 bits per heavy atom. The van der Waals surface area contributed by atoms with Gasteiger partial charge in [0.15, 0.2) is 0 Å². The fourth-order valence-corrected chi connectivity index (χ4v) is 4.28. The summed E-state index contributed by atoms with van der Waals surface area (Å²) in [6.07, 6.45) is 1.51. The number of nitrogens with one attached hydrogen (secondary N) is 1. The molecular weight excluding hydrogens is 346 g/mol. The summed E-state index contributed by atoms with van der Waals surface area (Å²) in [6.45, 7) is 2.45. The number of aromatic nitrogens is 2. The van der Waals surface area contributed by atoms with Crippen LogP contribution in [0, 0.1) is 0 Å². The van der Waals surface area contributed by atoms with Gasteiger partial charge in [0.05, 0.1) is 11.5 Å². The zero-order chi connectivity index (χ0) is 17.2. The molecule has 24 heavy (non-hydrogen) atoms. The van der Waals surface area contributed by atoms with Crippen LogP contribution >= 0.6 is 11.3 Å². The van der Waals surface area contributed by atoms with E-state index < -0.39 is 10.0 Å². The molecule has 1 N–H and O–H groups in total. The van der Waals surface area contributed by atoms with Crippen molar-refractivity contribution in [3.8, 4) is 16.3 Å². The average Bonchev–Trinajstić information content (AvgIpc) is 3.18. The molecule has 0 unspecified atom stereocenters. The van der Waals surface area contributed by atoms with Crippen LogP contribution in [0.5, 0.6) is 5.75 Å². The molecule has 1 aromatic carbocycles. The van der Waals surface area contributed by atoms with Gasteiger partial charge >= 0.3 is 0 Å². The zero-order valence-corrected chi connectivity index (χ0v) is 14.9. The van der Waals surface area contributed by atoms with Gasteiger partial charge in [-0.05, 0) is 42.6 Å². The fraction of sp³-hybridized carbons (Fsp3) is 0.188. The number of rotatable bonds is 6. The first-order valence-electron chi connectivity index (χ1n) is 7.33. The van der Waals surface area contributed by atoms with Crippen LogP contribution in [0.1, 0.15) is 6.92 Å². The van der Waals surface area contributed by atoms with Crippen LogP contribution in [0.25, 0.3) is 10.6 Å². The summed E-state index contributed by atoms with van der Waals surface area (Å²) in [6, 6.07) is 10.5. The van der Waals surface area contributed by atoms with Crippen molar-refractivity contribution in [3.05, 3.63) is 48.0 Å². The molecule has 126 valence electrons. The fourth-order valence-electron chi connectivity index (χ4n) is 2.24. The van der Waals surface area contributed by atoms with Crippen LogP contribution in [-0.4, -0.2) is 24.8 Å². The molecule has 0 aliphatic carbocycles. The van der Waals surface area contributed by atoms with Crippen molar-refractivity contribution in [1.82, 2.24) is 9.78 Å². The Balaban J connectivity index is 1.91.